The van der Waals surface area contributed by atoms with Crippen molar-refractivity contribution < 1.29 is 5.11 Å². The van der Waals surface area contributed by atoms with Crippen LogP contribution in [0.15, 0.2) is 10.5 Å². The Labute approximate surface area is 97.7 Å². The molecule has 0 aromatic heterocycles. The van der Waals surface area contributed by atoms with Crippen LogP contribution >= 0.6 is 15.9 Å². The number of phenols is 1. The van der Waals surface area contributed by atoms with Gasteiger partial charge >= 0.3 is 0 Å². The molecule has 1 aliphatic rings. The number of hydrogen-bond acceptors (Lipinski definition) is 2. The normalized spacial score (nSPS) is 17.2. The molecule has 1 N–H and O–H groups in total. The van der Waals surface area contributed by atoms with E-state index in [1.54, 1.807) is 0 Å². The molecule has 2 rings (SSSR count). The van der Waals surface area contributed by atoms with Gasteiger partial charge in [0.15, 0.2) is 0 Å². The molecule has 78 valence electrons. The Balaban J connectivity index is 2.71. The molecule has 0 amide bonds. The van der Waals surface area contributed by atoms with E-state index in [0.717, 1.165) is 34.0 Å². The fourth-order valence-corrected chi connectivity index (χ4v) is 2.53. The number of nitrogens with zero attached hydrogens (tertiary/aromatic N) is 1. The molecule has 0 spiro atoms. The maximum Gasteiger partial charge on any atom is 0.123 e. The molecule has 2 nitrogen and oxygen atoms in total. The lowest BCUT2D eigenvalue weighted by molar-refractivity contribution is 0.459. The molecule has 1 saturated carbocycles. The number of halogens is 1. The number of aromatic hydroxyl groups is 1. The van der Waals surface area contributed by atoms with Crippen molar-refractivity contribution in [2.24, 2.45) is 0 Å². The van der Waals surface area contributed by atoms with Gasteiger partial charge in [0.25, 0.3) is 0 Å². The predicted octanol–water partition coefficient (Wildman–Crippen LogP) is 3.33. The molecule has 0 heterocycles. The SMILES string of the molecule is Cc1cc(Br)c(C)c(C2(C#N)CC2)c1O. The minimum atomic E-state index is -0.428. The van der Waals surface area contributed by atoms with Crippen LogP contribution < -0.4 is 0 Å². The molecule has 0 atom stereocenters. The second kappa shape index (κ2) is 3.24. The fraction of sp³-hybridized carbons (Fsp3) is 0.417. The summed E-state index contributed by atoms with van der Waals surface area (Å²) in [4.78, 5) is 0. The summed E-state index contributed by atoms with van der Waals surface area (Å²) in [6, 6.07) is 4.21. The summed E-state index contributed by atoms with van der Waals surface area (Å²) in [5.74, 6) is 0.287. The average Bonchev–Trinajstić information content (AvgIpc) is 2.96. The number of hydrogen-bond donors (Lipinski definition) is 1. The third-order valence-corrected chi connectivity index (χ3v) is 3.95. The molecule has 0 saturated heterocycles. The second-order valence-corrected chi connectivity index (χ2v) is 5.07. The van der Waals surface area contributed by atoms with Crippen molar-refractivity contribution in [3.63, 3.8) is 0 Å². The van der Waals surface area contributed by atoms with Crippen molar-refractivity contribution in [2.45, 2.75) is 32.1 Å². The zero-order valence-corrected chi connectivity index (χ0v) is 10.3. The molecule has 0 aliphatic heterocycles. The molecule has 0 radical (unpaired) electrons. The first-order valence-electron chi connectivity index (χ1n) is 4.92. The van der Waals surface area contributed by atoms with Crippen molar-refractivity contribution in [1.29, 1.82) is 5.26 Å². The van der Waals surface area contributed by atoms with Crippen molar-refractivity contribution in [3.8, 4) is 11.8 Å². The van der Waals surface area contributed by atoms with E-state index in [2.05, 4.69) is 22.0 Å². The van der Waals surface area contributed by atoms with Gasteiger partial charge in [0.1, 0.15) is 5.75 Å². The van der Waals surface area contributed by atoms with Gasteiger partial charge in [0.2, 0.25) is 0 Å². The highest BCUT2D eigenvalue weighted by Gasteiger charge is 2.48. The predicted molar refractivity (Wildman–Crippen MR) is 61.8 cm³/mol. The molecule has 15 heavy (non-hydrogen) atoms. The van der Waals surface area contributed by atoms with Crippen LogP contribution in [0.2, 0.25) is 0 Å². The molecule has 1 fully saturated rings. The Morgan fingerprint density at radius 2 is 2.07 bits per heavy atom. The van der Waals surface area contributed by atoms with Gasteiger partial charge in [0.05, 0.1) is 11.5 Å². The minimum Gasteiger partial charge on any atom is -0.507 e. The molecule has 1 aromatic carbocycles. The van der Waals surface area contributed by atoms with Gasteiger partial charge < -0.3 is 5.11 Å². The highest BCUT2D eigenvalue weighted by atomic mass is 79.9. The lowest BCUT2D eigenvalue weighted by Gasteiger charge is -2.16. The Kier molecular flexibility index (Phi) is 2.27. The van der Waals surface area contributed by atoms with E-state index in [0.29, 0.717) is 0 Å². The van der Waals surface area contributed by atoms with Crippen LogP contribution in [-0.2, 0) is 5.41 Å². The largest absolute Gasteiger partial charge is 0.507 e. The van der Waals surface area contributed by atoms with Gasteiger partial charge in [-0.15, -0.1) is 0 Å². The van der Waals surface area contributed by atoms with Crippen molar-refractivity contribution >= 4 is 15.9 Å². The van der Waals surface area contributed by atoms with E-state index < -0.39 is 5.41 Å². The van der Waals surface area contributed by atoms with Gasteiger partial charge in [-0.05, 0) is 43.9 Å². The van der Waals surface area contributed by atoms with Gasteiger partial charge in [0, 0.05) is 10.0 Å². The van der Waals surface area contributed by atoms with E-state index in [1.807, 2.05) is 19.9 Å². The Morgan fingerprint density at radius 1 is 1.47 bits per heavy atom. The van der Waals surface area contributed by atoms with Crippen LogP contribution in [0.3, 0.4) is 0 Å². The number of benzene rings is 1. The first-order chi connectivity index (χ1) is 7.02. The van der Waals surface area contributed by atoms with Crippen LogP contribution in [0.4, 0.5) is 0 Å². The summed E-state index contributed by atoms with van der Waals surface area (Å²) in [5, 5.41) is 19.2. The third-order valence-electron chi connectivity index (χ3n) is 3.13. The topological polar surface area (TPSA) is 44.0 Å². The van der Waals surface area contributed by atoms with Gasteiger partial charge in [-0.3, -0.25) is 0 Å². The van der Waals surface area contributed by atoms with Gasteiger partial charge in [-0.2, -0.15) is 5.26 Å². The van der Waals surface area contributed by atoms with Crippen molar-refractivity contribution in [2.75, 3.05) is 0 Å². The van der Waals surface area contributed by atoms with E-state index >= 15 is 0 Å². The number of phenolic OH excluding ortho intramolecular Hbond substituents is 1. The van der Waals surface area contributed by atoms with Crippen LogP contribution in [0, 0.1) is 25.2 Å². The molecule has 1 aliphatic carbocycles. The maximum atomic E-state index is 10.0. The number of nitriles is 1. The van der Waals surface area contributed by atoms with E-state index in [9.17, 15) is 5.11 Å². The van der Waals surface area contributed by atoms with E-state index in [4.69, 9.17) is 5.26 Å². The smallest absolute Gasteiger partial charge is 0.123 e. The molecule has 0 bridgehead atoms. The highest BCUT2D eigenvalue weighted by Crippen LogP contribution is 2.53. The lowest BCUT2D eigenvalue weighted by Crippen LogP contribution is -2.07. The fourth-order valence-electron chi connectivity index (χ4n) is 1.99. The highest BCUT2D eigenvalue weighted by molar-refractivity contribution is 9.10. The molecule has 0 unspecified atom stereocenters. The standard InChI is InChI=1S/C12H12BrNO/c1-7-5-9(13)8(2)10(11(7)15)12(6-14)3-4-12/h5,15H,3-4H2,1-2H3. The third kappa shape index (κ3) is 1.44. The summed E-state index contributed by atoms with van der Waals surface area (Å²) < 4.78 is 0.967. The average molecular weight is 266 g/mol. The Morgan fingerprint density at radius 3 is 2.53 bits per heavy atom. The number of rotatable bonds is 1. The summed E-state index contributed by atoms with van der Waals surface area (Å²) in [5.41, 5.74) is 2.20. The Hall–Kier alpha value is -1.01. The van der Waals surface area contributed by atoms with Crippen LogP contribution in [0.5, 0.6) is 5.75 Å². The summed E-state index contributed by atoms with van der Waals surface area (Å²) in [6.45, 7) is 3.80. The Bertz CT molecular complexity index is 443. The monoisotopic (exact) mass is 265 g/mol. The van der Waals surface area contributed by atoms with Gasteiger partial charge in [-0.1, -0.05) is 15.9 Å². The van der Waals surface area contributed by atoms with Crippen LogP contribution in [0.1, 0.15) is 29.5 Å². The first-order valence-corrected chi connectivity index (χ1v) is 5.71. The van der Waals surface area contributed by atoms with Crippen molar-refractivity contribution in [3.05, 3.63) is 27.2 Å². The van der Waals surface area contributed by atoms with E-state index in [-0.39, 0.29) is 5.75 Å². The summed E-state index contributed by atoms with van der Waals surface area (Å²) in [7, 11) is 0. The molecular formula is C12H12BrNO. The zero-order chi connectivity index (χ0) is 11.2. The quantitative estimate of drug-likeness (QED) is 0.847. The van der Waals surface area contributed by atoms with E-state index in [1.165, 1.54) is 0 Å². The van der Waals surface area contributed by atoms with Crippen molar-refractivity contribution in [1.82, 2.24) is 0 Å². The first kappa shape index (κ1) is 10.5. The maximum absolute atomic E-state index is 10.0. The summed E-state index contributed by atoms with van der Waals surface area (Å²) in [6.07, 6.45) is 1.71. The zero-order valence-electron chi connectivity index (χ0n) is 8.76. The van der Waals surface area contributed by atoms with Gasteiger partial charge in [-0.25, -0.2) is 0 Å². The van der Waals surface area contributed by atoms with Crippen LogP contribution in [0.25, 0.3) is 0 Å². The molecule has 1 aromatic rings. The summed E-state index contributed by atoms with van der Waals surface area (Å²) >= 11 is 3.46. The molecular weight excluding hydrogens is 254 g/mol. The van der Waals surface area contributed by atoms with Crippen LogP contribution in [-0.4, -0.2) is 5.11 Å². The number of aryl methyl sites for hydroxylation is 1. The lowest BCUT2D eigenvalue weighted by atomic mass is 9.90. The minimum absolute atomic E-state index is 0.287. The molecule has 3 heteroatoms. The second-order valence-electron chi connectivity index (χ2n) is 4.22.